The summed E-state index contributed by atoms with van der Waals surface area (Å²) in [5.74, 6) is -0.441. The molecule has 0 aliphatic rings. The van der Waals surface area contributed by atoms with Crippen molar-refractivity contribution >= 4 is 11.6 Å². The van der Waals surface area contributed by atoms with Gasteiger partial charge in [-0.1, -0.05) is 0 Å². The van der Waals surface area contributed by atoms with Gasteiger partial charge in [-0.2, -0.15) is 5.10 Å². The first-order chi connectivity index (χ1) is 10.4. The van der Waals surface area contributed by atoms with Crippen LogP contribution in [0, 0.1) is 17.0 Å². The Kier molecular flexibility index (Phi) is 4.39. The molecule has 0 bridgehead atoms. The first-order valence-electron chi connectivity index (χ1n) is 6.42. The molecule has 10 heteroatoms. The number of amides is 1. The highest BCUT2D eigenvalue weighted by atomic mass is 16.6. The summed E-state index contributed by atoms with van der Waals surface area (Å²) in [6, 6.07) is 0. The lowest BCUT2D eigenvalue weighted by molar-refractivity contribution is -0.385. The van der Waals surface area contributed by atoms with Gasteiger partial charge in [-0.25, -0.2) is 0 Å². The second kappa shape index (κ2) is 6.24. The summed E-state index contributed by atoms with van der Waals surface area (Å²) in [4.78, 5) is 22.1. The first-order valence-corrected chi connectivity index (χ1v) is 6.42. The van der Waals surface area contributed by atoms with Crippen molar-refractivity contribution in [2.75, 3.05) is 7.11 Å². The number of aryl methyl sites for hydroxylation is 1. The van der Waals surface area contributed by atoms with E-state index in [1.807, 2.05) is 14.0 Å². The zero-order valence-electron chi connectivity index (χ0n) is 12.4. The number of carbonyl (C=O) groups excluding carboxylic acids is 1. The largest absolute Gasteiger partial charge is 0.475 e. The number of nitro groups is 1. The summed E-state index contributed by atoms with van der Waals surface area (Å²) in [7, 11) is 3.10. The van der Waals surface area contributed by atoms with E-state index >= 15 is 0 Å². The normalized spacial score (nSPS) is 10.5. The molecule has 0 fully saturated rings. The molecule has 2 aromatic heterocycles. The minimum Gasteiger partial charge on any atom is -0.475 e. The average Bonchev–Trinajstić information content (AvgIpc) is 3.02. The second-order valence-corrected chi connectivity index (χ2v) is 4.63. The summed E-state index contributed by atoms with van der Waals surface area (Å²) < 4.78 is 7.68. The van der Waals surface area contributed by atoms with Crippen molar-refractivity contribution in [1.82, 2.24) is 24.9 Å². The van der Waals surface area contributed by atoms with Gasteiger partial charge < -0.3 is 10.1 Å². The Bertz CT molecular complexity index is 705. The zero-order chi connectivity index (χ0) is 16.3. The highest BCUT2D eigenvalue weighted by molar-refractivity contribution is 5.75. The van der Waals surface area contributed by atoms with Crippen LogP contribution >= 0.6 is 0 Å². The summed E-state index contributed by atoms with van der Waals surface area (Å²) in [5.41, 5.74) is 1.58. The standard InChI is InChI=1S/C12H16N6O4/c1-8-9(5-14-16(8)2)4-13-11(19)7-17-6-10(18(20)21)12(15-17)22-3/h5-6H,4,7H2,1-3H3,(H,13,19). The molecule has 22 heavy (non-hydrogen) atoms. The van der Waals surface area contributed by atoms with Crippen molar-refractivity contribution in [2.24, 2.45) is 7.05 Å². The van der Waals surface area contributed by atoms with Gasteiger partial charge in [-0.05, 0) is 6.92 Å². The van der Waals surface area contributed by atoms with Crippen molar-refractivity contribution in [2.45, 2.75) is 20.0 Å². The van der Waals surface area contributed by atoms with Crippen LogP contribution in [0.3, 0.4) is 0 Å². The van der Waals surface area contributed by atoms with Crippen LogP contribution < -0.4 is 10.1 Å². The number of rotatable bonds is 6. The van der Waals surface area contributed by atoms with Crippen molar-refractivity contribution in [3.8, 4) is 5.88 Å². The average molecular weight is 308 g/mol. The molecule has 10 nitrogen and oxygen atoms in total. The molecule has 2 heterocycles. The molecular formula is C12H16N6O4. The summed E-state index contributed by atoms with van der Waals surface area (Å²) in [5, 5.41) is 21.4. The highest BCUT2D eigenvalue weighted by Gasteiger charge is 2.21. The lowest BCUT2D eigenvalue weighted by atomic mass is 10.2. The lowest BCUT2D eigenvalue weighted by Gasteiger charge is -2.04. The van der Waals surface area contributed by atoms with E-state index < -0.39 is 4.92 Å². The Hall–Kier alpha value is -2.91. The fraction of sp³-hybridized carbons (Fsp3) is 0.417. The van der Waals surface area contributed by atoms with E-state index in [1.54, 1.807) is 10.9 Å². The molecule has 0 saturated carbocycles. The van der Waals surface area contributed by atoms with Crippen LogP contribution in [0.4, 0.5) is 5.69 Å². The van der Waals surface area contributed by atoms with Crippen LogP contribution in [0.25, 0.3) is 0 Å². The van der Waals surface area contributed by atoms with Gasteiger partial charge in [0.05, 0.1) is 18.2 Å². The Morgan fingerprint density at radius 2 is 2.27 bits per heavy atom. The monoisotopic (exact) mass is 308 g/mol. The maximum Gasteiger partial charge on any atom is 0.350 e. The van der Waals surface area contributed by atoms with Gasteiger partial charge >= 0.3 is 11.6 Å². The van der Waals surface area contributed by atoms with E-state index in [9.17, 15) is 14.9 Å². The summed E-state index contributed by atoms with van der Waals surface area (Å²) in [6.45, 7) is 2.10. The minimum absolute atomic E-state index is 0.124. The number of hydrogen-bond acceptors (Lipinski definition) is 6. The third-order valence-corrected chi connectivity index (χ3v) is 3.22. The van der Waals surface area contributed by atoms with Crippen molar-refractivity contribution < 1.29 is 14.5 Å². The van der Waals surface area contributed by atoms with Gasteiger partial charge in [0.2, 0.25) is 5.91 Å². The summed E-state index contributed by atoms with van der Waals surface area (Å²) >= 11 is 0. The maximum absolute atomic E-state index is 11.9. The number of aromatic nitrogens is 4. The fourth-order valence-electron chi connectivity index (χ4n) is 1.86. The van der Waals surface area contributed by atoms with Crippen molar-refractivity contribution in [1.29, 1.82) is 0 Å². The van der Waals surface area contributed by atoms with Crippen molar-refractivity contribution in [3.05, 3.63) is 33.8 Å². The van der Waals surface area contributed by atoms with Crippen LogP contribution in [0.1, 0.15) is 11.3 Å². The van der Waals surface area contributed by atoms with E-state index in [0.717, 1.165) is 17.5 Å². The maximum atomic E-state index is 11.9. The molecule has 2 aromatic rings. The predicted molar refractivity (Wildman–Crippen MR) is 75.2 cm³/mol. The molecule has 1 N–H and O–H groups in total. The Morgan fingerprint density at radius 3 is 2.77 bits per heavy atom. The number of nitrogens with zero attached hydrogens (tertiary/aromatic N) is 5. The fourth-order valence-corrected chi connectivity index (χ4v) is 1.86. The lowest BCUT2D eigenvalue weighted by Crippen LogP contribution is -2.27. The Labute approximate surface area is 125 Å². The second-order valence-electron chi connectivity index (χ2n) is 4.63. The van der Waals surface area contributed by atoms with Crippen LogP contribution in [0.15, 0.2) is 12.4 Å². The molecule has 0 spiro atoms. The minimum atomic E-state index is -0.612. The smallest absolute Gasteiger partial charge is 0.350 e. The van der Waals surface area contributed by atoms with Crippen LogP contribution in [0.2, 0.25) is 0 Å². The van der Waals surface area contributed by atoms with Crippen molar-refractivity contribution in [3.63, 3.8) is 0 Å². The third-order valence-electron chi connectivity index (χ3n) is 3.22. The van der Waals surface area contributed by atoms with Gasteiger partial charge in [-0.15, -0.1) is 5.10 Å². The molecule has 0 aliphatic heterocycles. The number of carbonyl (C=O) groups is 1. The molecule has 0 saturated heterocycles. The number of ether oxygens (including phenoxy) is 1. The van der Waals surface area contributed by atoms with Crippen LogP contribution in [-0.4, -0.2) is 37.5 Å². The quantitative estimate of drug-likeness (QED) is 0.600. The Balaban J connectivity index is 1.97. The van der Waals surface area contributed by atoms with Gasteiger partial charge in [-0.3, -0.25) is 24.3 Å². The molecule has 0 aromatic carbocycles. The van der Waals surface area contributed by atoms with E-state index in [4.69, 9.17) is 4.74 Å². The predicted octanol–water partition coefficient (Wildman–Crippen LogP) is 0.158. The van der Waals surface area contributed by atoms with E-state index in [2.05, 4.69) is 15.5 Å². The Morgan fingerprint density at radius 1 is 1.55 bits per heavy atom. The third kappa shape index (κ3) is 3.22. The molecule has 0 atom stereocenters. The molecule has 1 amide bonds. The highest BCUT2D eigenvalue weighted by Crippen LogP contribution is 2.23. The number of methoxy groups -OCH3 is 1. The SMILES string of the molecule is COc1nn(CC(=O)NCc2cnn(C)c2C)cc1[N+](=O)[O-]. The van der Waals surface area contributed by atoms with E-state index in [1.165, 1.54) is 11.8 Å². The molecule has 118 valence electrons. The first kappa shape index (κ1) is 15.5. The number of nitrogens with one attached hydrogen (secondary N) is 1. The molecular weight excluding hydrogens is 292 g/mol. The molecule has 0 unspecified atom stereocenters. The van der Waals surface area contributed by atoms with Gasteiger partial charge in [0.15, 0.2) is 0 Å². The van der Waals surface area contributed by atoms with Gasteiger partial charge in [0.1, 0.15) is 12.7 Å². The van der Waals surface area contributed by atoms with Crippen LogP contribution in [-0.2, 0) is 24.9 Å². The van der Waals surface area contributed by atoms with Gasteiger partial charge in [0, 0.05) is 24.8 Å². The zero-order valence-corrected chi connectivity index (χ0v) is 12.4. The summed E-state index contributed by atoms with van der Waals surface area (Å²) in [6.07, 6.45) is 2.84. The topological polar surface area (TPSA) is 117 Å². The molecule has 0 radical (unpaired) electrons. The number of hydrogen-bond donors (Lipinski definition) is 1. The molecule has 0 aliphatic carbocycles. The van der Waals surface area contributed by atoms with E-state index in [0.29, 0.717) is 6.54 Å². The molecule has 2 rings (SSSR count). The van der Waals surface area contributed by atoms with Crippen LogP contribution in [0.5, 0.6) is 5.88 Å². The van der Waals surface area contributed by atoms with Gasteiger partial charge in [0.25, 0.3) is 0 Å². The van der Waals surface area contributed by atoms with E-state index in [-0.39, 0.29) is 24.0 Å².